The number of benzene rings is 2. The summed E-state index contributed by atoms with van der Waals surface area (Å²) in [7, 11) is 0. The van der Waals surface area contributed by atoms with E-state index in [-0.39, 0.29) is 5.91 Å². The number of nitrogens with one attached hydrogen (secondary N) is 1. The topological polar surface area (TPSA) is 42.0 Å². The second kappa shape index (κ2) is 5.84. The number of pyridine rings is 1. The zero-order valence-corrected chi connectivity index (χ0v) is 13.9. The highest BCUT2D eigenvalue weighted by molar-refractivity contribution is 5.91. The summed E-state index contributed by atoms with van der Waals surface area (Å²) in [6, 6.07) is 14.3. The van der Waals surface area contributed by atoms with E-state index >= 15 is 0 Å². The number of aromatic nitrogens is 1. The summed E-state index contributed by atoms with van der Waals surface area (Å²) in [6.07, 6.45) is 0. The molecule has 0 radical (unpaired) electrons. The summed E-state index contributed by atoms with van der Waals surface area (Å²) in [5.41, 5.74) is 6.29. The molecule has 3 aromatic rings. The summed E-state index contributed by atoms with van der Waals surface area (Å²) in [6.45, 7) is 7.80. The Kier molecular flexibility index (Phi) is 3.87. The van der Waals surface area contributed by atoms with Crippen LogP contribution < -0.4 is 5.32 Å². The molecule has 1 heterocycles. The molecule has 2 aromatic carbocycles. The minimum Gasteiger partial charge on any atom is -0.326 e. The van der Waals surface area contributed by atoms with Crippen LogP contribution in [-0.4, -0.2) is 10.9 Å². The summed E-state index contributed by atoms with van der Waals surface area (Å²) in [5.74, 6) is -0.0732. The first-order chi connectivity index (χ1) is 10.9. The summed E-state index contributed by atoms with van der Waals surface area (Å²) >= 11 is 0. The third kappa shape index (κ3) is 3.09. The lowest BCUT2D eigenvalue weighted by Crippen LogP contribution is -2.05. The zero-order chi connectivity index (χ0) is 16.6. The van der Waals surface area contributed by atoms with Crippen LogP contribution in [0.1, 0.15) is 23.7 Å². The third-order valence-electron chi connectivity index (χ3n) is 4.11. The van der Waals surface area contributed by atoms with E-state index in [9.17, 15) is 4.79 Å². The molecule has 3 rings (SSSR count). The van der Waals surface area contributed by atoms with Gasteiger partial charge in [-0.25, -0.2) is 0 Å². The predicted octanol–water partition coefficient (Wildman–Crippen LogP) is 4.79. The molecule has 3 nitrogen and oxygen atoms in total. The van der Waals surface area contributed by atoms with Crippen molar-refractivity contribution >= 4 is 22.4 Å². The number of hydrogen-bond acceptors (Lipinski definition) is 2. The van der Waals surface area contributed by atoms with Crippen LogP contribution >= 0.6 is 0 Å². The number of nitrogens with zero attached hydrogens (tertiary/aromatic N) is 1. The van der Waals surface area contributed by atoms with Gasteiger partial charge in [-0.1, -0.05) is 18.2 Å². The molecule has 0 fully saturated rings. The molecule has 0 unspecified atom stereocenters. The molecule has 23 heavy (non-hydrogen) atoms. The Morgan fingerprint density at radius 2 is 1.74 bits per heavy atom. The highest BCUT2D eigenvalue weighted by Gasteiger charge is 2.08. The van der Waals surface area contributed by atoms with E-state index in [2.05, 4.69) is 37.4 Å². The van der Waals surface area contributed by atoms with Crippen molar-refractivity contribution in [1.29, 1.82) is 0 Å². The van der Waals surface area contributed by atoms with Crippen molar-refractivity contribution in [3.63, 3.8) is 0 Å². The molecule has 0 bridgehead atoms. The first kappa shape index (κ1) is 15.2. The molecule has 1 aromatic heterocycles. The fraction of sp³-hybridized carbons (Fsp3) is 0.200. The molecule has 3 heteroatoms. The van der Waals surface area contributed by atoms with Crippen LogP contribution in [0.15, 0.2) is 42.5 Å². The first-order valence-corrected chi connectivity index (χ1v) is 7.70. The highest BCUT2D eigenvalue weighted by atomic mass is 16.1. The third-order valence-corrected chi connectivity index (χ3v) is 4.11. The number of anilines is 1. The van der Waals surface area contributed by atoms with E-state index in [1.807, 2.05) is 31.2 Å². The maximum atomic E-state index is 11.2. The maximum Gasteiger partial charge on any atom is 0.221 e. The molecule has 0 aliphatic heterocycles. The molecule has 0 aliphatic carbocycles. The molecular weight excluding hydrogens is 284 g/mol. The van der Waals surface area contributed by atoms with Gasteiger partial charge in [-0.05, 0) is 61.5 Å². The molecule has 1 N–H and O–H groups in total. The number of rotatable bonds is 2. The Morgan fingerprint density at radius 1 is 1.00 bits per heavy atom. The van der Waals surface area contributed by atoms with Gasteiger partial charge in [0.05, 0.1) is 5.69 Å². The Morgan fingerprint density at radius 3 is 2.48 bits per heavy atom. The monoisotopic (exact) mass is 304 g/mol. The number of hydrogen-bond donors (Lipinski definition) is 1. The molecule has 0 spiro atoms. The molecule has 0 saturated heterocycles. The molecule has 1 amide bonds. The second-order valence-electron chi connectivity index (χ2n) is 6.01. The van der Waals surface area contributed by atoms with E-state index in [0.29, 0.717) is 0 Å². The van der Waals surface area contributed by atoms with Gasteiger partial charge in [0, 0.05) is 29.3 Å². The number of aryl methyl sites for hydroxylation is 3. The average Bonchev–Trinajstić information content (AvgIpc) is 2.49. The minimum atomic E-state index is -0.0732. The van der Waals surface area contributed by atoms with Crippen LogP contribution in [0.3, 0.4) is 0 Å². The predicted molar refractivity (Wildman–Crippen MR) is 95.7 cm³/mol. The van der Waals surface area contributed by atoms with Crippen LogP contribution in [0, 0.1) is 20.8 Å². The second-order valence-corrected chi connectivity index (χ2v) is 6.01. The lowest BCUT2D eigenvalue weighted by atomic mass is 10.00. The van der Waals surface area contributed by atoms with Crippen molar-refractivity contribution in [2.45, 2.75) is 27.7 Å². The van der Waals surface area contributed by atoms with Crippen molar-refractivity contribution in [1.82, 2.24) is 4.98 Å². The van der Waals surface area contributed by atoms with Gasteiger partial charge in [-0.15, -0.1) is 0 Å². The van der Waals surface area contributed by atoms with Gasteiger partial charge in [-0.3, -0.25) is 9.78 Å². The molecular formula is C20H20N2O. The zero-order valence-electron chi connectivity index (χ0n) is 13.9. The summed E-state index contributed by atoms with van der Waals surface area (Å²) in [5, 5.41) is 5.20. The van der Waals surface area contributed by atoms with Gasteiger partial charge in [0.2, 0.25) is 5.91 Å². The van der Waals surface area contributed by atoms with Gasteiger partial charge in [-0.2, -0.15) is 0 Å². The number of carbonyl (C=O) groups is 1. The standard InChI is InChI=1S/C20H20N2O/c1-12-8-17-11-20(21-14(3)19(17)9-13(12)2)16-6-5-7-18(10-16)22-15(4)23/h5-11H,1-4H3,(H,22,23). The Labute approximate surface area is 136 Å². The van der Waals surface area contributed by atoms with Crippen LogP contribution in [0.4, 0.5) is 5.69 Å². The molecule has 0 atom stereocenters. The fourth-order valence-corrected chi connectivity index (χ4v) is 2.80. The van der Waals surface area contributed by atoms with Crippen molar-refractivity contribution in [3.8, 4) is 11.3 Å². The van der Waals surface area contributed by atoms with Gasteiger partial charge >= 0.3 is 0 Å². The average molecular weight is 304 g/mol. The lowest BCUT2D eigenvalue weighted by Gasteiger charge is -2.10. The van der Waals surface area contributed by atoms with Gasteiger partial charge in [0.1, 0.15) is 0 Å². The van der Waals surface area contributed by atoms with Gasteiger partial charge < -0.3 is 5.32 Å². The van der Waals surface area contributed by atoms with E-state index in [4.69, 9.17) is 4.98 Å². The van der Waals surface area contributed by atoms with E-state index in [1.54, 1.807) is 0 Å². The number of carbonyl (C=O) groups excluding carboxylic acids is 1. The summed E-state index contributed by atoms with van der Waals surface area (Å²) in [4.78, 5) is 16.0. The van der Waals surface area contributed by atoms with Crippen molar-refractivity contribution in [3.05, 3.63) is 59.3 Å². The Balaban J connectivity index is 2.13. The normalized spacial score (nSPS) is 10.8. The van der Waals surface area contributed by atoms with Crippen molar-refractivity contribution < 1.29 is 4.79 Å². The molecule has 0 aliphatic rings. The fourth-order valence-electron chi connectivity index (χ4n) is 2.80. The first-order valence-electron chi connectivity index (χ1n) is 7.70. The Bertz CT molecular complexity index is 913. The molecule has 0 saturated carbocycles. The number of fused-ring (bicyclic) bond motifs is 1. The largest absolute Gasteiger partial charge is 0.326 e. The maximum absolute atomic E-state index is 11.2. The lowest BCUT2D eigenvalue weighted by molar-refractivity contribution is -0.114. The van der Waals surface area contributed by atoms with Gasteiger partial charge in [0.15, 0.2) is 0 Å². The molecule has 116 valence electrons. The van der Waals surface area contributed by atoms with Crippen LogP contribution in [-0.2, 0) is 4.79 Å². The van der Waals surface area contributed by atoms with E-state index in [0.717, 1.165) is 22.6 Å². The Hall–Kier alpha value is -2.68. The van der Waals surface area contributed by atoms with Crippen LogP contribution in [0.2, 0.25) is 0 Å². The summed E-state index contributed by atoms with van der Waals surface area (Å²) < 4.78 is 0. The van der Waals surface area contributed by atoms with Crippen LogP contribution in [0.5, 0.6) is 0 Å². The minimum absolute atomic E-state index is 0.0732. The number of amides is 1. The van der Waals surface area contributed by atoms with Crippen molar-refractivity contribution in [2.75, 3.05) is 5.32 Å². The SMILES string of the molecule is CC(=O)Nc1cccc(-c2cc3cc(C)c(C)cc3c(C)n2)c1. The van der Waals surface area contributed by atoms with Crippen molar-refractivity contribution in [2.24, 2.45) is 0 Å². The van der Waals surface area contributed by atoms with Gasteiger partial charge in [0.25, 0.3) is 0 Å². The highest BCUT2D eigenvalue weighted by Crippen LogP contribution is 2.28. The van der Waals surface area contributed by atoms with E-state index < -0.39 is 0 Å². The van der Waals surface area contributed by atoms with Crippen LogP contribution in [0.25, 0.3) is 22.0 Å². The van der Waals surface area contributed by atoms with E-state index in [1.165, 1.54) is 28.8 Å². The smallest absolute Gasteiger partial charge is 0.221 e. The quantitative estimate of drug-likeness (QED) is 0.740.